The summed E-state index contributed by atoms with van der Waals surface area (Å²) in [5.74, 6) is -6.46. The van der Waals surface area contributed by atoms with Crippen LogP contribution in [0.3, 0.4) is 0 Å². The molecule has 0 saturated carbocycles. The smallest absolute Gasteiger partial charge is 0.338 e. The monoisotopic (exact) mass is 1870 g/mol. The number of aromatic carboxylic acids is 1. The predicted molar refractivity (Wildman–Crippen MR) is 418 cm³/mol. The molecule has 3 unspecified atom stereocenters. The Hall–Kier alpha value is -9.39. The third-order valence-corrected chi connectivity index (χ3v) is 18.9. The standard InChI is InChI=1S/2C24H22F2IN5O3.C16H15FN4O3.C8H9FINO.CH3F.ClH/c2*25-15-5-14(6-16(27)8-15)20(11-33)32-24(35)17-3-1-12(7-18(17)26)22-23(28)30-10-19(31-22)13-2-4-21(34)29-9-13;17-11-5-8(1-3-10(11)16(23)24)14-15(18)20-7-12(21-14)9-2-4-13(22)19-6-9;9-6-1-5(8(11)4-12)2-7(10)3-6;1-2;/h2*1,3,5-8,10,13,20,33H,2,4,9,11H2,(H2,28,30)(H,29,34)(H,32,35);1,3,5,7,9H,2,4,6H2,(H2,18,20)(H,19,22)(H,23,24);1-3,8,12H,4,11H2;1H3;1H/t2*13?,20-;;8-;;/m11.1../s1/i;;;;1D;. The number of carboxylic acid groups (broad SMARTS) is 1. The van der Waals surface area contributed by atoms with Crippen LogP contribution in [0.25, 0.3) is 33.8 Å². The van der Waals surface area contributed by atoms with Gasteiger partial charge < -0.3 is 69.9 Å². The third-order valence-electron chi connectivity index (χ3n) is 17.0. The molecule has 6 aromatic carbocycles. The minimum atomic E-state index is -1.34. The molecule has 9 aromatic rings. The van der Waals surface area contributed by atoms with Gasteiger partial charge in [-0.3, -0.25) is 28.4 Å². The Labute approximate surface area is 667 Å². The highest BCUT2D eigenvalue weighted by atomic mass is 127. The Morgan fingerprint density at radius 1 is 0.505 bits per heavy atom. The molecule has 5 amide bonds. The molecule has 6 atom stereocenters. The van der Waals surface area contributed by atoms with Crippen molar-refractivity contribution >= 4 is 133 Å². The van der Waals surface area contributed by atoms with Crippen LogP contribution in [-0.2, 0) is 14.4 Å². The van der Waals surface area contributed by atoms with Crippen LogP contribution in [0, 0.1) is 45.6 Å². The fraction of sp³-hybridized carbons (Fsp3) is 0.260. The second kappa shape index (κ2) is 40.9. The maximum absolute atomic E-state index is 15.0. The fourth-order valence-corrected chi connectivity index (χ4v) is 13.3. The first-order valence-corrected chi connectivity index (χ1v) is 36.0. The van der Waals surface area contributed by atoms with Crippen LogP contribution in [0.4, 0.5) is 48.2 Å². The molecule has 12 rings (SSSR count). The van der Waals surface area contributed by atoms with Gasteiger partial charge in [0.15, 0.2) is 0 Å². The van der Waals surface area contributed by atoms with Crippen LogP contribution < -0.4 is 49.5 Å². The molecule has 0 spiro atoms. The molecule has 0 aliphatic carbocycles. The number of aliphatic hydroxyl groups excluding tert-OH is 3. The summed E-state index contributed by atoms with van der Waals surface area (Å²) in [4.78, 5) is 96.5. The van der Waals surface area contributed by atoms with E-state index in [0.29, 0.717) is 121 Å². The maximum atomic E-state index is 15.0. The van der Waals surface area contributed by atoms with Crippen molar-refractivity contribution in [3.63, 3.8) is 0 Å². The number of hydrogen-bond donors (Lipinski definition) is 13. The molecule has 3 aliphatic rings. The molecule has 109 heavy (non-hydrogen) atoms. The van der Waals surface area contributed by atoms with Crippen molar-refractivity contribution in [3.05, 3.63) is 224 Å². The number of piperidine rings is 3. The van der Waals surface area contributed by atoms with E-state index >= 15 is 0 Å². The number of benzene rings is 6. The lowest BCUT2D eigenvalue weighted by atomic mass is 9.96. The van der Waals surface area contributed by atoms with Crippen molar-refractivity contribution in [1.82, 2.24) is 56.5 Å². The molecule has 0 bridgehead atoms. The first-order chi connectivity index (χ1) is 52.0. The summed E-state index contributed by atoms with van der Waals surface area (Å²) in [6, 6.07) is 22.0. The van der Waals surface area contributed by atoms with Gasteiger partial charge >= 0.3 is 5.97 Å². The fourth-order valence-electron chi connectivity index (χ4n) is 11.3. The number of hydrogen-bond acceptors (Lipinski definition) is 19. The van der Waals surface area contributed by atoms with Crippen LogP contribution in [0.1, 0.15) is 141 Å². The average molecular weight is 1870 g/mol. The normalized spacial score (nSPS) is 16.0. The SMILES string of the molecule is Cl.N[C@H](CO)c1cc(F)cc(I)c1.Nc1ncc(C2CCC(=O)NC2)nc1-c1ccc(C(=O)N[C@H](CO)c2cc(F)cc(I)c2)c(F)c1.Nc1ncc(C2CCC(=O)NC2)nc1-c1ccc(C(=O)N[C@H](CO)c2cc(F)cc(I)c2)c(F)c1.Nc1ncc(C2CCC(=O)NC2)nc1-c1ccc(C(=O)O)c(F)c1.[2H]CF. The predicted octanol–water partition coefficient (Wildman–Crippen LogP) is 10.1. The number of halogens is 11. The number of nitrogen functional groups attached to an aromatic ring is 3. The highest BCUT2D eigenvalue weighted by Gasteiger charge is 2.28. The van der Waals surface area contributed by atoms with Gasteiger partial charge in [0.1, 0.15) is 69.4 Å². The number of nitrogens with zero attached hydrogens (tertiary/aromatic N) is 6. The number of nitrogens with one attached hydrogen (secondary N) is 5. The average Bonchev–Trinajstić information content (AvgIpc) is 0.809. The summed E-state index contributed by atoms with van der Waals surface area (Å²) in [7, 11) is -1.00. The van der Waals surface area contributed by atoms with Gasteiger partial charge in [-0.2, -0.15) is 0 Å². The Bertz CT molecular complexity index is 4540. The van der Waals surface area contributed by atoms with Crippen LogP contribution in [-0.4, -0.2) is 132 Å². The molecule has 3 fully saturated rings. The van der Waals surface area contributed by atoms with Crippen LogP contribution in [0.5, 0.6) is 0 Å². The second-order valence-corrected chi connectivity index (χ2v) is 28.1. The lowest BCUT2D eigenvalue weighted by Crippen LogP contribution is -2.34. The van der Waals surface area contributed by atoms with Gasteiger partial charge in [-0.1, -0.05) is 18.2 Å². The lowest BCUT2D eigenvalue weighted by molar-refractivity contribution is -0.123. The number of anilines is 3. The first kappa shape index (κ1) is 85.2. The van der Waals surface area contributed by atoms with Crippen molar-refractivity contribution < 1.29 is 81.3 Å². The lowest BCUT2D eigenvalue weighted by Gasteiger charge is -2.22. The summed E-state index contributed by atoms with van der Waals surface area (Å²) in [6.45, 7) is 0.168. The van der Waals surface area contributed by atoms with Gasteiger partial charge in [0, 0.05) is 84.1 Å². The number of rotatable bonds is 17. The van der Waals surface area contributed by atoms with Crippen molar-refractivity contribution in [2.24, 2.45) is 5.73 Å². The highest BCUT2D eigenvalue weighted by Crippen LogP contribution is 2.34. The third kappa shape index (κ3) is 23.8. The zero-order valence-electron chi connectivity index (χ0n) is 58.2. The Kier molecular flexibility index (Phi) is 32.0. The minimum absolute atomic E-state index is 0. The summed E-state index contributed by atoms with van der Waals surface area (Å²) in [6.07, 6.45) is 7.69. The van der Waals surface area contributed by atoms with Gasteiger partial charge in [0.2, 0.25) is 17.7 Å². The van der Waals surface area contributed by atoms with E-state index in [0.717, 1.165) is 21.8 Å². The molecule has 36 heteroatoms. The van der Waals surface area contributed by atoms with Gasteiger partial charge in [-0.05, 0) is 195 Å². The number of nitrogens with two attached hydrogens (primary N) is 4. The van der Waals surface area contributed by atoms with E-state index in [1.807, 2.05) is 67.8 Å². The number of aliphatic hydroxyl groups is 3. The Balaban J connectivity index is 0.000000211. The number of carboxylic acids is 1. The summed E-state index contributed by atoms with van der Waals surface area (Å²) in [5.41, 5.74) is 27.5. The van der Waals surface area contributed by atoms with Gasteiger partial charge in [0.25, 0.3) is 11.8 Å². The van der Waals surface area contributed by atoms with Gasteiger partial charge in [-0.15, -0.1) is 12.4 Å². The van der Waals surface area contributed by atoms with E-state index < -0.39 is 90.9 Å². The van der Waals surface area contributed by atoms with E-state index in [9.17, 15) is 69.7 Å². The highest BCUT2D eigenvalue weighted by molar-refractivity contribution is 14.1. The van der Waals surface area contributed by atoms with Crippen molar-refractivity contribution in [2.45, 2.75) is 74.4 Å². The second-order valence-electron chi connectivity index (χ2n) is 24.4. The number of amides is 5. The molecule has 3 aliphatic heterocycles. The van der Waals surface area contributed by atoms with Gasteiger partial charge in [0.05, 0.1) is 98.8 Å². The zero-order chi connectivity index (χ0) is 79.3. The number of carbonyl (C=O) groups excluding carboxylic acids is 5. The molecule has 17 N–H and O–H groups in total. The van der Waals surface area contributed by atoms with Crippen molar-refractivity contribution in [1.29, 1.82) is 0 Å². The summed E-state index contributed by atoms with van der Waals surface area (Å²) in [5, 5.41) is 50.5. The van der Waals surface area contributed by atoms with Gasteiger partial charge in [-0.25, -0.2) is 61.0 Å². The largest absolute Gasteiger partial charge is 0.478 e. The molecule has 3 saturated heterocycles. The van der Waals surface area contributed by atoms with Crippen LogP contribution in [0.2, 0.25) is 0 Å². The Morgan fingerprint density at radius 3 is 1.07 bits per heavy atom. The summed E-state index contributed by atoms with van der Waals surface area (Å²) >= 11 is 5.86. The van der Waals surface area contributed by atoms with Crippen molar-refractivity contribution in [2.75, 3.05) is 63.8 Å². The minimum Gasteiger partial charge on any atom is -0.478 e. The molecular weight excluding hydrogens is 1800 g/mol. The molecule has 25 nitrogen and oxygen atoms in total. The Morgan fingerprint density at radius 2 is 0.807 bits per heavy atom. The molecular formula is C73H72ClF7I3N15O10. The number of carbonyl (C=O) groups is 6. The van der Waals surface area contributed by atoms with Crippen LogP contribution >= 0.6 is 80.2 Å². The maximum Gasteiger partial charge on any atom is 0.338 e. The first-order valence-electron chi connectivity index (χ1n) is 33.4. The zero-order valence-corrected chi connectivity index (χ0v) is 64.5. The molecule has 3 aromatic heterocycles. The quantitative estimate of drug-likeness (QED) is 0.0298. The number of alkyl halides is 1. The molecule has 576 valence electrons. The van der Waals surface area contributed by atoms with E-state index in [-0.39, 0.29) is 100 Å². The summed E-state index contributed by atoms with van der Waals surface area (Å²) < 4.78 is 102. The molecule has 0 radical (unpaired) electrons. The topological polar surface area (TPSA) is 425 Å². The molecule has 6 heterocycles. The van der Waals surface area contributed by atoms with E-state index in [1.54, 1.807) is 36.8 Å². The number of aromatic nitrogens is 6. The van der Waals surface area contributed by atoms with Crippen molar-refractivity contribution in [3.8, 4) is 33.8 Å². The van der Waals surface area contributed by atoms with E-state index in [1.165, 1.54) is 72.8 Å². The van der Waals surface area contributed by atoms with E-state index in [2.05, 4.69) is 56.5 Å². The van der Waals surface area contributed by atoms with Crippen LogP contribution in [0.15, 0.2) is 128 Å². The van der Waals surface area contributed by atoms with E-state index in [4.69, 9.17) is 34.5 Å².